The fourth-order valence-electron chi connectivity index (χ4n) is 3.82. The van der Waals surface area contributed by atoms with Gasteiger partial charge in [0.1, 0.15) is 0 Å². The summed E-state index contributed by atoms with van der Waals surface area (Å²) in [6.07, 6.45) is 2.47. The standard InChI is InChI=1S/C20H17ClN6O/c21-14-4-1-3-13(11-14)16-6-7-17-19(23-16)27(15-8-10-26(17)12-15)20(28)24-18-5-2-9-22-25-18/h1-7,9,11,15H,8,10,12H2,(H,24,25,28)/t15-/m0/s1. The van der Waals surface area contributed by atoms with Gasteiger partial charge < -0.3 is 4.90 Å². The average Bonchev–Trinajstić information content (AvgIpc) is 3.13. The normalized spacial score (nSPS) is 17.4. The molecule has 2 bridgehead atoms. The number of hydrogen-bond donors (Lipinski definition) is 1. The second kappa shape index (κ2) is 6.76. The molecule has 2 amide bonds. The van der Waals surface area contributed by atoms with Gasteiger partial charge in [0.05, 0.1) is 17.4 Å². The Labute approximate surface area is 167 Å². The van der Waals surface area contributed by atoms with Crippen molar-refractivity contribution in [3.8, 4) is 11.3 Å². The van der Waals surface area contributed by atoms with Crippen LogP contribution in [0.2, 0.25) is 5.02 Å². The monoisotopic (exact) mass is 392 g/mol. The number of pyridine rings is 1. The maximum Gasteiger partial charge on any atom is 0.329 e. The van der Waals surface area contributed by atoms with Gasteiger partial charge in [0.2, 0.25) is 0 Å². The maximum absolute atomic E-state index is 13.1. The van der Waals surface area contributed by atoms with Crippen molar-refractivity contribution in [3.63, 3.8) is 0 Å². The highest BCUT2D eigenvalue weighted by Gasteiger charge is 2.40. The molecule has 1 fully saturated rings. The van der Waals surface area contributed by atoms with E-state index in [1.807, 2.05) is 36.4 Å². The number of aromatic nitrogens is 3. The van der Waals surface area contributed by atoms with Gasteiger partial charge in [-0.05, 0) is 42.8 Å². The van der Waals surface area contributed by atoms with Crippen LogP contribution in [0.3, 0.4) is 0 Å². The Kier molecular flexibility index (Phi) is 4.09. The van der Waals surface area contributed by atoms with E-state index in [9.17, 15) is 4.79 Å². The van der Waals surface area contributed by atoms with Crippen LogP contribution in [0.1, 0.15) is 6.42 Å². The Morgan fingerprint density at radius 3 is 2.93 bits per heavy atom. The lowest BCUT2D eigenvalue weighted by molar-refractivity contribution is 0.254. The van der Waals surface area contributed by atoms with E-state index < -0.39 is 0 Å². The van der Waals surface area contributed by atoms with E-state index in [0.717, 1.165) is 36.5 Å². The quantitative estimate of drug-likeness (QED) is 0.717. The van der Waals surface area contributed by atoms with E-state index in [0.29, 0.717) is 16.7 Å². The zero-order valence-electron chi connectivity index (χ0n) is 14.9. The molecule has 140 valence electrons. The second-order valence-corrected chi connectivity index (χ2v) is 7.28. The number of anilines is 3. The van der Waals surface area contributed by atoms with Crippen LogP contribution in [-0.4, -0.2) is 40.3 Å². The summed E-state index contributed by atoms with van der Waals surface area (Å²) < 4.78 is 0. The Hall–Kier alpha value is -3.19. The molecule has 5 rings (SSSR count). The highest BCUT2D eigenvalue weighted by molar-refractivity contribution is 6.30. The van der Waals surface area contributed by atoms with Crippen molar-refractivity contribution in [1.82, 2.24) is 15.2 Å². The molecule has 0 radical (unpaired) electrons. The van der Waals surface area contributed by atoms with Crippen molar-refractivity contribution >= 4 is 35.0 Å². The fourth-order valence-corrected chi connectivity index (χ4v) is 4.01. The van der Waals surface area contributed by atoms with E-state index in [1.54, 1.807) is 23.2 Å². The maximum atomic E-state index is 13.1. The van der Waals surface area contributed by atoms with E-state index in [-0.39, 0.29) is 12.1 Å². The molecule has 1 aromatic carbocycles. The number of halogens is 1. The second-order valence-electron chi connectivity index (χ2n) is 6.85. The first-order valence-corrected chi connectivity index (χ1v) is 9.47. The summed E-state index contributed by atoms with van der Waals surface area (Å²) in [5, 5.41) is 11.3. The number of hydrogen-bond acceptors (Lipinski definition) is 5. The highest BCUT2D eigenvalue weighted by Crippen LogP contribution is 2.40. The number of urea groups is 1. The number of carbonyl (C=O) groups excluding carboxylic acids is 1. The number of benzene rings is 1. The minimum Gasteiger partial charge on any atom is -0.366 e. The molecule has 2 aliphatic rings. The number of rotatable bonds is 2. The molecule has 2 aromatic heterocycles. The molecule has 2 aliphatic heterocycles. The average molecular weight is 393 g/mol. The molecular weight excluding hydrogens is 376 g/mol. The molecule has 1 atom stereocenters. The molecule has 8 heteroatoms. The van der Waals surface area contributed by atoms with Crippen molar-refractivity contribution < 1.29 is 4.79 Å². The molecule has 7 nitrogen and oxygen atoms in total. The van der Waals surface area contributed by atoms with Crippen LogP contribution in [-0.2, 0) is 0 Å². The molecule has 3 aromatic rings. The van der Waals surface area contributed by atoms with E-state index >= 15 is 0 Å². The summed E-state index contributed by atoms with van der Waals surface area (Å²) in [4.78, 5) is 22.0. The van der Waals surface area contributed by atoms with Gasteiger partial charge in [-0.25, -0.2) is 9.78 Å². The highest BCUT2D eigenvalue weighted by atomic mass is 35.5. The predicted octanol–water partition coefficient (Wildman–Crippen LogP) is 3.82. The number of nitrogens with one attached hydrogen (secondary N) is 1. The zero-order chi connectivity index (χ0) is 19.1. The third kappa shape index (κ3) is 2.93. The first-order valence-electron chi connectivity index (χ1n) is 9.09. The SMILES string of the molecule is O=C(Nc1cccnn1)N1c2nc(-c3cccc(Cl)c3)ccc2N2CC[C@H]1C2. The summed E-state index contributed by atoms with van der Waals surface area (Å²) in [5.41, 5.74) is 2.66. The van der Waals surface area contributed by atoms with Gasteiger partial charge >= 0.3 is 6.03 Å². The van der Waals surface area contributed by atoms with Gasteiger partial charge in [0.25, 0.3) is 0 Å². The minimum atomic E-state index is -0.246. The van der Waals surface area contributed by atoms with Gasteiger partial charge in [0, 0.05) is 29.9 Å². The van der Waals surface area contributed by atoms with Gasteiger partial charge in [-0.3, -0.25) is 10.2 Å². The van der Waals surface area contributed by atoms with Crippen molar-refractivity contribution in [1.29, 1.82) is 0 Å². The Morgan fingerprint density at radius 2 is 2.11 bits per heavy atom. The van der Waals surface area contributed by atoms with Gasteiger partial charge in [-0.2, -0.15) is 5.10 Å². The van der Waals surface area contributed by atoms with E-state index in [1.165, 1.54) is 0 Å². The zero-order valence-corrected chi connectivity index (χ0v) is 15.7. The molecular formula is C20H17ClN6O. The Morgan fingerprint density at radius 1 is 1.18 bits per heavy atom. The number of carbonyl (C=O) groups is 1. The topological polar surface area (TPSA) is 74.2 Å². The smallest absolute Gasteiger partial charge is 0.329 e. The third-order valence-corrected chi connectivity index (χ3v) is 5.33. The fraction of sp³-hybridized carbons (Fsp3) is 0.200. The van der Waals surface area contributed by atoms with Crippen LogP contribution in [0.25, 0.3) is 11.3 Å². The van der Waals surface area contributed by atoms with Crippen LogP contribution in [0.5, 0.6) is 0 Å². The largest absolute Gasteiger partial charge is 0.366 e. The van der Waals surface area contributed by atoms with Crippen molar-refractivity contribution in [3.05, 3.63) is 59.8 Å². The van der Waals surface area contributed by atoms with Crippen LogP contribution in [0, 0.1) is 0 Å². The first-order chi connectivity index (χ1) is 13.7. The van der Waals surface area contributed by atoms with Gasteiger partial charge in [-0.1, -0.05) is 23.7 Å². The Bertz CT molecular complexity index is 1040. The number of fused-ring (bicyclic) bond motifs is 4. The molecule has 0 spiro atoms. The van der Waals surface area contributed by atoms with Crippen LogP contribution in [0.4, 0.5) is 22.1 Å². The first kappa shape index (κ1) is 16.9. The Balaban J connectivity index is 1.54. The summed E-state index contributed by atoms with van der Waals surface area (Å²) in [7, 11) is 0. The number of nitrogens with zero attached hydrogens (tertiary/aromatic N) is 5. The van der Waals surface area contributed by atoms with E-state index in [2.05, 4.69) is 20.4 Å². The lowest BCUT2D eigenvalue weighted by Gasteiger charge is -2.35. The lowest BCUT2D eigenvalue weighted by Crippen LogP contribution is -2.48. The van der Waals surface area contributed by atoms with Crippen molar-refractivity contribution in [2.24, 2.45) is 0 Å². The van der Waals surface area contributed by atoms with Crippen molar-refractivity contribution in [2.45, 2.75) is 12.5 Å². The molecule has 1 saturated heterocycles. The number of amides is 2. The van der Waals surface area contributed by atoms with Crippen LogP contribution in [0.15, 0.2) is 54.7 Å². The molecule has 4 heterocycles. The van der Waals surface area contributed by atoms with Gasteiger partial charge in [0.15, 0.2) is 11.6 Å². The predicted molar refractivity (Wildman–Crippen MR) is 109 cm³/mol. The summed E-state index contributed by atoms with van der Waals surface area (Å²) in [6, 6.07) is 14.8. The third-order valence-electron chi connectivity index (χ3n) is 5.10. The summed E-state index contributed by atoms with van der Waals surface area (Å²) in [5.74, 6) is 1.08. The van der Waals surface area contributed by atoms with Crippen LogP contribution < -0.4 is 15.1 Å². The van der Waals surface area contributed by atoms with Gasteiger partial charge in [-0.15, -0.1) is 5.10 Å². The molecule has 0 aliphatic carbocycles. The molecule has 0 unspecified atom stereocenters. The molecule has 0 saturated carbocycles. The van der Waals surface area contributed by atoms with Crippen LogP contribution >= 0.6 is 11.6 Å². The minimum absolute atomic E-state index is 0.0753. The summed E-state index contributed by atoms with van der Waals surface area (Å²) in [6.45, 7) is 1.71. The molecule has 1 N–H and O–H groups in total. The summed E-state index contributed by atoms with van der Waals surface area (Å²) >= 11 is 6.14. The van der Waals surface area contributed by atoms with Crippen molar-refractivity contribution in [2.75, 3.05) is 28.2 Å². The van der Waals surface area contributed by atoms with E-state index in [4.69, 9.17) is 16.6 Å². The lowest BCUT2D eigenvalue weighted by atomic mass is 10.1. The molecule has 28 heavy (non-hydrogen) atoms.